The lowest BCUT2D eigenvalue weighted by Gasteiger charge is -2.31. The Morgan fingerprint density at radius 1 is 1.10 bits per heavy atom. The van der Waals surface area contributed by atoms with Gasteiger partial charge in [-0.15, -0.1) is 12.4 Å². The first-order chi connectivity index (χ1) is 14.2. The van der Waals surface area contributed by atoms with Gasteiger partial charge in [0.25, 0.3) is 5.91 Å². The molecule has 1 atom stereocenters. The molecular formula is C22H30ClN3O4. The lowest BCUT2D eigenvalue weighted by Crippen LogP contribution is -2.40. The van der Waals surface area contributed by atoms with Gasteiger partial charge in [0.15, 0.2) is 11.5 Å². The van der Waals surface area contributed by atoms with E-state index in [0.29, 0.717) is 29.4 Å². The van der Waals surface area contributed by atoms with Gasteiger partial charge < -0.3 is 24.4 Å². The molecule has 0 saturated carbocycles. The van der Waals surface area contributed by atoms with E-state index in [9.17, 15) is 4.79 Å². The van der Waals surface area contributed by atoms with Crippen LogP contribution in [0.3, 0.4) is 0 Å². The summed E-state index contributed by atoms with van der Waals surface area (Å²) in [6, 6.07) is 9.33. The van der Waals surface area contributed by atoms with Gasteiger partial charge in [0.2, 0.25) is 5.75 Å². The molecule has 1 aromatic heterocycles. The number of methoxy groups -OCH3 is 3. The average Bonchev–Trinajstić information content (AvgIpc) is 3.06. The van der Waals surface area contributed by atoms with Crippen LogP contribution in [0.2, 0.25) is 0 Å². The summed E-state index contributed by atoms with van der Waals surface area (Å²) in [5.74, 6) is 1.34. The van der Waals surface area contributed by atoms with Crippen LogP contribution in [0.25, 0.3) is 0 Å². The fraction of sp³-hybridized carbons (Fsp3) is 0.455. The fourth-order valence-electron chi connectivity index (χ4n) is 3.72. The average molecular weight is 436 g/mol. The van der Waals surface area contributed by atoms with Gasteiger partial charge in [-0.2, -0.15) is 0 Å². The van der Waals surface area contributed by atoms with Crippen LogP contribution < -0.4 is 19.5 Å². The van der Waals surface area contributed by atoms with Gasteiger partial charge in [0.1, 0.15) is 0 Å². The summed E-state index contributed by atoms with van der Waals surface area (Å²) in [4.78, 5) is 20.0. The highest BCUT2D eigenvalue weighted by Gasteiger charge is 2.28. The van der Waals surface area contributed by atoms with Crippen molar-refractivity contribution in [3.05, 3.63) is 47.8 Å². The molecule has 3 rings (SSSR count). The second-order valence-corrected chi connectivity index (χ2v) is 7.00. The van der Waals surface area contributed by atoms with Crippen molar-refractivity contribution < 1.29 is 19.0 Å². The maximum absolute atomic E-state index is 13.6. The highest BCUT2D eigenvalue weighted by molar-refractivity contribution is 5.96. The zero-order chi connectivity index (χ0) is 20.6. The standard InChI is InChI=1S/C22H29N3O4.ClH/c1-27-19-13-16(14-20(28-2)21(19)29-3)22(26)25(15-17-7-4-5-11-24-17)18-8-6-10-23-12-9-18;/h4-5,7,11,13-14,18,23H,6,8-10,12,15H2,1-3H3;1H. The predicted molar refractivity (Wildman–Crippen MR) is 118 cm³/mol. The molecule has 1 saturated heterocycles. The van der Waals surface area contributed by atoms with E-state index >= 15 is 0 Å². The molecule has 0 spiro atoms. The number of benzene rings is 1. The fourth-order valence-corrected chi connectivity index (χ4v) is 3.72. The minimum atomic E-state index is -0.0678. The van der Waals surface area contributed by atoms with E-state index in [4.69, 9.17) is 14.2 Å². The molecule has 8 heteroatoms. The summed E-state index contributed by atoms with van der Waals surface area (Å²) >= 11 is 0. The monoisotopic (exact) mass is 435 g/mol. The molecule has 1 unspecified atom stereocenters. The molecule has 0 radical (unpaired) electrons. The Labute approximate surface area is 184 Å². The molecule has 1 N–H and O–H groups in total. The highest BCUT2D eigenvalue weighted by atomic mass is 35.5. The first kappa shape index (κ1) is 23.8. The molecule has 1 fully saturated rings. The van der Waals surface area contributed by atoms with Crippen molar-refractivity contribution in [3.63, 3.8) is 0 Å². The molecule has 30 heavy (non-hydrogen) atoms. The van der Waals surface area contributed by atoms with Gasteiger partial charge in [0.05, 0.1) is 33.6 Å². The van der Waals surface area contributed by atoms with Crippen molar-refractivity contribution in [2.75, 3.05) is 34.4 Å². The number of amides is 1. The van der Waals surface area contributed by atoms with Gasteiger partial charge in [-0.3, -0.25) is 9.78 Å². The van der Waals surface area contributed by atoms with Crippen LogP contribution in [0.15, 0.2) is 36.5 Å². The second-order valence-electron chi connectivity index (χ2n) is 7.00. The molecular weight excluding hydrogens is 406 g/mol. The Balaban J connectivity index is 0.00000320. The summed E-state index contributed by atoms with van der Waals surface area (Å²) in [5.41, 5.74) is 1.37. The second kappa shape index (κ2) is 11.6. The molecule has 1 aliphatic rings. The zero-order valence-corrected chi connectivity index (χ0v) is 18.5. The number of carbonyl (C=O) groups excluding carboxylic acids is 1. The van der Waals surface area contributed by atoms with Crippen LogP contribution in [0.1, 0.15) is 35.3 Å². The van der Waals surface area contributed by atoms with E-state index in [1.165, 1.54) is 0 Å². The van der Waals surface area contributed by atoms with Gasteiger partial charge in [-0.05, 0) is 56.6 Å². The summed E-state index contributed by atoms with van der Waals surface area (Å²) in [6.45, 7) is 2.33. The van der Waals surface area contributed by atoms with Gasteiger partial charge in [0, 0.05) is 17.8 Å². The van der Waals surface area contributed by atoms with Crippen molar-refractivity contribution in [2.24, 2.45) is 0 Å². The quantitative estimate of drug-likeness (QED) is 0.719. The number of nitrogens with one attached hydrogen (secondary N) is 1. The lowest BCUT2D eigenvalue weighted by atomic mass is 10.0. The van der Waals surface area contributed by atoms with Crippen LogP contribution >= 0.6 is 12.4 Å². The van der Waals surface area contributed by atoms with E-state index in [1.807, 2.05) is 23.1 Å². The third kappa shape index (κ3) is 5.55. The Bertz CT molecular complexity index is 786. The van der Waals surface area contributed by atoms with Crippen LogP contribution in [0, 0.1) is 0 Å². The van der Waals surface area contributed by atoms with Crippen LogP contribution in [-0.2, 0) is 6.54 Å². The highest BCUT2D eigenvalue weighted by Crippen LogP contribution is 2.38. The van der Waals surface area contributed by atoms with E-state index in [-0.39, 0.29) is 24.4 Å². The summed E-state index contributed by atoms with van der Waals surface area (Å²) in [7, 11) is 4.65. The third-order valence-electron chi connectivity index (χ3n) is 5.22. The predicted octanol–water partition coefficient (Wildman–Crippen LogP) is 3.31. The molecule has 164 valence electrons. The van der Waals surface area contributed by atoms with E-state index in [2.05, 4.69) is 10.3 Å². The van der Waals surface area contributed by atoms with Gasteiger partial charge in [-0.25, -0.2) is 0 Å². The molecule has 7 nitrogen and oxygen atoms in total. The minimum Gasteiger partial charge on any atom is -0.493 e. The molecule has 2 aromatic rings. The summed E-state index contributed by atoms with van der Waals surface area (Å²) < 4.78 is 16.3. The Kier molecular flexibility index (Phi) is 9.20. The third-order valence-corrected chi connectivity index (χ3v) is 5.22. The maximum atomic E-state index is 13.6. The number of pyridine rings is 1. The largest absolute Gasteiger partial charge is 0.493 e. The van der Waals surface area contributed by atoms with Crippen molar-refractivity contribution in [2.45, 2.75) is 31.8 Å². The smallest absolute Gasteiger partial charge is 0.254 e. The Morgan fingerprint density at radius 3 is 2.43 bits per heavy atom. The van der Waals surface area contributed by atoms with E-state index in [0.717, 1.165) is 38.0 Å². The maximum Gasteiger partial charge on any atom is 0.254 e. The van der Waals surface area contributed by atoms with Crippen molar-refractivity contribution in [1.82, 2.24) is 15.2 Å². The first-order valence-electron chi connectivity index (χ1n) is 9.89. The van der Waals surface area contributed by atoms with E-state index in [1.54, 1.807) is 39.7 Å². The van der Waals surface area contributed by atoms with Crippen molar-refractivity contribution >= 4 is 18.3 Å². The number of carbonyl (C=O) groups is 1. The number of hydrogen-bond donors (Lipinski definition) is 1. The van der Waals surface area contributed by atoms with Crippen LogP contribution in [-0.4, -0.2) is 56.3 Å². The normalized spacial score (nSPS) is 16.0. The zero-order valence-electron chi connectivity index (χ0n) is 17.7. The first-order valence-corrected chi connectivity index (χ1v) is 9.89. The lowest BCUT2D eigenvalue weighted by molar-refractivity contribution is 0.0641. The number of ether oxygens (including phenoxy) is 3. The SMILES string of the molecule is COc1cc(C(=O)N(Cc2ccccn2)C2CCCNCC2)cc(OC)c1OC.Cl. The summed E-state index contributed by atoms with van der Waals surface area (Å²) in [6.07, 6.45) is 4.65. The minimum absolute atomic E-state index is 0. The number of halogens is 1. The van der Waals surface area contributed by atoms with Crippen molar-refractivity contribution in [1.29, 1.82) is 0 Å². The number of aromatic nitrogens is 1. The van der Waals surface area contributed by atoms with Crippen molar-refractivity contribution in [3.8, 4) is 17.2 Å². The van der Waals surface area contributed by atoms with Crippen LogP contribution in [0.4, 0.5) is 0 Å². The molecule has 2 heterocycles. The Hall–Kier alpha value is -2.51. The van der Waals surface area contributed by atoms with Gasteiger partial charge >= 0.3 is 0 Å². The number of rotatable bonds is 7. The van der Waals surface area contributed by atoms with Gasteiger partial charge in [-0.1, -0.05) is 6.07 Å². The van der Waals surface area contributed by atoms with Crippen LogP contribution in [0.5, 0.6) is 17.2 Å². The molecule has 1 amide bonds. The Morgan fingerprint density at radius 2 is 1.83 bits per heavy atom. The molecule has 0 aliphatic carbocycles. The molecule has 1 aliphatic heterocycles. The number of nitrogens with zero attached hydrogens (tertiary/aromatic N) is 2. The topological polar surface area (TPSA) is 72.9 Å². The number of hydrogen-bond acceptors (Lipinski definition) is 6. The molecule has 0 bridgehead atoms. The van der Waals surface area contributed by atoms with E-state index < -0.39 is 0 Å². The molecule has 1 aromatic carbocycles. The summed E-state index contributed by atoms with van der Waals surface area (Å²) in [5, 5.41) is 3.42.